The number of H-pyrrole nitrogens is 1. The van der Waals surface area contributed by atoms with Crippen molar-refractivity contribution in [1.82, 2.24) is 14.9 Å². The summed E-state index contributed by atoms with van der Waals surface area (Å²) in [6.45, 7) is 7.29. The van der Waals surface area contributed by atoms with Gasteiger partial charge in [-0.2, -0.15) is 0 Å². The molecule has 1 aliphatic rings. The van der Waals surface area contributed by atoms with Crippen LogP contribution in [0.5, 0.6) is 11.5 Å². The van der Waals surface area contributed by atoms with E-state index in [4.69, 9.17) is 14.2 Å². The van der Waals surface area contributed by atoms with Gasteiger partial charge in [-0.25, -0.2) is 4.98 Å². The van der Waals surface area contributed by atoms with Crippen molar-refractivity contribution < 1.29 is 19.0 Å². The van der Waals surface area contributed by atoms with Crippen LogP contribution in [0.3, 0.4) is 0 Å². The lowest BCUT2D eigenvalue weighted by molar-refractivity contribution is -0.148. The molecule has 0 bridgehead atoms. The van der Waals surface area contributed by atoms with Crippen LogP contribution in [0, 0.1) is 0 Å². The molecule has 1 aromatic heterocycles. The minimum atomic E-state index is -0.397. The summed E-state index contributed by atoms with van der Waals surface area (Å²) in [6.07, 6.45) is 2.17. The number of aromatic nitrogens is 2. The van der Waals surface area contributed by atoms with Crippen molar-refractivity contribution in [2.45, 2.75) is 32.5 Å². The highest BCUT2D eigenvalue weighted by Gasteiger charge is 2.34. The lowest BCUT2D eigenvalue weighted by atomic mass is 10.0. The number of hydrogen-bond donors (Lipinski definition) is 1. The summed E-state index contributed by atoms with van der Waals surface area (Å²) in [5, 5.41) is 0. The maximum absolute atomic E-state index is 12.4. The number of carbonyl (C=O) groups excluding carboxylic acids is 1. The molecule has 0 radical (unpaired) electrons. The molecule has 0 saturated carbocycles. The van der Waals surface area contributed by atoms with E-state index in [9.17, 15) is 4.79 Å². The van der Waals surface area contributed by atoms with Gasteiger partial charge in [0, 0.05) is 25.1 Å². The number of hydrogen-bond acceptors (Lipinski definition) is 6. The van der Waals surface area contributed by atoms with Crippen LogP contribution >= 0.6 is 0 Å². The van der Waals surface area contributed by atoms with Gasteiger partial charge in [0.15, 0.2) is 11.5 Å². The third-order valence-corrected chi connectivity index (χ3v) is 4.59. The molecule has 1 aromatic carbocycles. The van der Waals surface area contributed by atoms with Crippen LogP contribution in [-0.4, -0.2) is 47.7 Å². The van der Waals surface area contributed by atoms with Crippen LogP contribution in [0.1, 0.15) is 23.9 Å². The van der Waals surface area contributed by atoms with E-state index in [2.05, 4.69) is 21.4 Å². The average Bonchev–Trinajstić information content (AvgIpc) is 3.12. The molecule has 7 heteroatoms. The van der Waals surface area contributed by atoms with Crippen molar-refractivity contribution in [2.24, 2.45) is 0 Å². The molecule has 0 unspecified atom stereocenters. The summed E-state index contributed by atoms with van der Waals surface area (Å²) >= 11 is 0. The molecule has 0 spiro atoms. The highest BCUT2D eigenvalue weighted by molar-refractivity contribution is 5.76. The van der Waals surface area contributed by atoms with Crippen molar-refractivity contribution in [3.05, 3.63) is 53.6 Å². The van der Waals surface area contributed by atoms with E-state index in [-0.39, 0.29) is 5.97 Å². The van der Waals surface area contributed by atoms with E-state index in [1.54, 1.807) is 13.4 Å². The summed E-state index contributed by atoms with van der Waals surface area (Å²) < 4.78 is 16.4. The maximum atomic E-state index is 12.4. The van der Waals surface area contributed by atoms with Crippen LogP contribution in [0.15, 0.2) is 36.7 Å². The number of fused-ring (bicyclic) bond motifs is 1. The first kappa shape index (κ1) is 19.0. The third kappa shape index (κ3) is 4.14. The molecular formula is C20H25N3O4. The van der Waals surface area contributed by atoms with E-state index in [1.165, 1.54) is 7.11 Å². The molecule has 0 saturated heterocycles. The number of rotatable bonds is 7. The van der Waals surface area contributed by atoms with Crippen LogP contribution in [-0.2, 0) is 29.0 Å². The predicted octanol–water partition coefficient (Wildman–Crippen LogP) is 2.47. The Labute approximate surface area is 158 Å². The van der Waals surface area contributed by atoms with Crippen LogP contribution < -0.4 is 9.47 Å². The molecule has 1 atom stereocenters. The fourth-order valence-corrected chi connectivity index (χ4v) is 3.25. The number of carbonyl (C=O) groups is 1. The van der Waals surface area contributed by atoms with Gasteiger partial charge < -0.3 is 19.2 Å². The van der Waals surface area contributed by atoms with E-state index in [0.29, 0.717) is 37.6 Å². The van der Waals surface area contributed by atoms with Gasteiger partial charge >= 0.3 is 5.97 Å². The molecule has 1 aliphatic heterocycles. The highest BCUT2D eigenvalue weighted by Crippen LogP contribution is 2.34. The SMILES string of the molecule is C=C(C)COc1c(CN2Cc3[nH]cnc3C[C@@H]2C(=O)OC)cccc1OC. The number of benzene rings is 1. The minimum Gasteiger partial charge on any atom is -0.493 e. The summed E-state index contributed by atoms with van der Waals surface area (Å²) in [4.78, 5) is 21.9. The molecule has 2 heterocycles. The second kappa shape index (κ2) is 8.26. The molecular weight excluding hydrogens is 346 g/mol. The van der Waals surface area contributed by atoms with E-state index >= 15 is 0 Å². The zero-order valence-electron chi connectivity index (χ0n) is 15.9. The Balaban J connectivity index is 1.90. The molecule has 3 rings (SSSR count). The number of nitrogens with zero attached hydrogens (tertiary/aromatic N) is 2. The molecule has 0 fully saturated rings. The summed E-state index contributed by atoms with van der Waals surface area (Å²) in [5.41, 5.74) is 3.78. The van der Waals surface area contributed by atoms with E-state index in [1.807, 2.05) is 25.1 Å². The number of aromatic amines is 1. The number of imidazole rings is 1. The molecule has 144 valence electrons. The number of esters is 1. The highest BCUT2D eigenvalue weighted by atomic mass is 16.5. The summed E-state index contributed by atoms with van der Waals surface area (Å²) in [6, 6.07) is 5.36. The monoisotopic (exact) mass is 371 g/mol. The first-order valence-electron chi connectivity index (χ1n) is 8.79. The molecule has 2 aromatic rings. The second-order valence-corrected chi connectivity index (χ2v) is 6.67. The van der Waals surface area contributed by atoms with Gasteiger partial charge in [0.1, 0.15) is 12.6 Å². The Bertz CT molecular complexity index is 830. The van der Waals surface area contributed by atoms with Crippen molar-refractivity contribution in [2.75, 3.05) is 20.8 Å². The topological polar surface area (TPSA) is 76.7 Å². The lowest BCUT2D eigenvalue weighted by Gasteiger charge is -2.33. The normalized spacial score (nSPS) is 16.5. The minimum absolute atomic E-state index is 0.268. The van der Waals surface area contributed by atoms with E-state index in [0.717, 1.165) is 22.5 Å². The first-order chi connectivity index (χ1) is 13.0. The van der Waals surface area contributed by atoms with Gasteiger partial charge in [0.05, 0.1) is 31.9 Å². The van der Waals surface area contributed by atoms with Crippen LogP contribution in [0.25, 0.3) is 0 Å². The van der Waals surface area contributed by atoms with Crippen molar-refractivity contribution in [3.8, 4) is 11.5 Å². The van der Waals surface area contributed by atoms with Gasteiger partial charge in [-0.1, -0.05) is 18.7 Å². The van der Waals surface area contributed by atoms with E-state index < -0.39 is 6.04 Å². The second-order valence-electron chi connectivity index (χ2n) is 6.67. The Hall–Kier alpha value is -2.80. The Morgan fingerprint density at radius 1 is 1.41 bits per heavy atom. The smallest absolute Gasteiger partial charge is 0.323 e. The van der Waals surface area contributed by atoms with Crippen LogP contribution in [0.4, 0.5) is 0 Å². The fraction of sp³-hybridized carbons (Fsp3) is 0.400. The number of para-hydroxylation sites is 1. The van der Waals surface area contributed by atoms with Gasteiger partial charge in [-0.3, -0.25) is 9.69 Å². The Morgan fingerprint density at radius 3 is 2.93 bits per heavy atom. The Kier molecular flexibility index (Phi) is 5.81. The molecule has 0 aliphatic carbocycles. The molecule has 1 N–H and O–H groups in total. The summed E-state index contributed by atoms with van der Waals surface area (Å²) in [7, 11) is 3.02. The first-order valence-corrected chi connectivity index (χ1v) is 8.79. The summed E-state index contributed by atoms with van der Waals surface area (Å²) in [5.74, 6) is 1.06. The van der Waals surface area contributed by atoms with Gasteiger partial charge in [-0.05, 0) is 18.6 Å². The largest absolute Gasteiger partial charge is 0.493 e. The Morgan fingerprint density at radius 2 is 2.22 bits per heavy atom. The van der Waals surface area contributed by atoms with Crippen molar-refractivity contribution >= 4 is 5.97 Å². The quantitative estimate of drug-likeness (QED) is 0.595. The average molecular weight is 371 g/mol. The number of methoxy groups -OCH3 is 2. The van der Waals surface area contributed by atoms with Gasteiger partial charge in [0.25, 0.3) is 0 Å². The lowest BCUT2D eigenvalue weighted by Crippen LogP contribution is -2.45. The van der Waals surface area contributed by atoms with Crippen molar-refractivity contribution in [1.29, 1.82) is 0 Å². The molecule has 27 heavy (non-hydrogen) atoms. The van der Waals surface area contributed by atoms with Crippen molar-refractivity contribution in [3.63, 3.8) is 0 Å². The standard InChI is InChI=1S/C20H25N3O4/c1-13(2)11-27-19-14(6-5-7-18(19)25-3)9-23-10-16-15(21-12-22-16)8-17(23)20(24)26-4/h5-7,12,17H,1,8-11H2,2-4H3,(H,21,22)/t17-/m1/s1. The fourth-order valence-electron chi connectivity index (χ4n) is 3.25. The van der Waals surface area contributed by atoms with Crippen LogP contribution in [0.2, 0.25) is 0 Å². The predicted molar refractivity (Wildman–Crippen MR) is 101 cm³/mol. The molecule has 7 nitrogen and oxygen atoms in total. The number of nitrogens with one attached hydrogen (secondary N) is 1. The molecule has 0 amide bonds. The van der Waals surface area contributed by atoms with Gasteiger partial charge in [0.2, 0.25) is 0 Å². The maximum Gasteiger partial charge on any atom is 0.323 e. The zero-order chi connectivity index (χ0) is 19.4. The van der Waals surface area contributed by atoms with Gasteiger partial charge in [-0.15, -0.1) is 0 Å². The zero-order valence-corrected chi connectivity index (χ0v) is 15.9. The third-order valence-electron chi connectivity index (χ3n) is 4.59. The number of ether oxygens (including phenoxy) is 3.